The second-order valence-electron chi connectivity index (χ2n) is 6.71. The molecule has 1 unspecified atom stereocenters. The Morgan fingerprint density at radius 2 is 2.04 bits per heavy atom. The minimum atomic E-state index is -3.68. The fourth-order valence-corrected chi connectivity index (χ4v) is 5.45. The second kappa shape index (κ2) is 6.63. The van der Waals surface area contributed by atoms with Gasteiger partial charge in [0.1, 0.15) is 0 Å². The monoisotopic (exact) mass is 401 g/mol. The number of hydrogen-bond acceptors (Lipinski definition) is 4. The van der Waals surface area contributed by atoms with Crippen LogP contribution in [0.4, 0.5) is 0 Å². The Balaban J connectivity index is 1.57. The normalized spacial score (nSPS) is 13.4. The third-order valence-electron chi connectivity index (χ3n) is 4.59. The number of nitrogens with one attached hydrogen (secondary N) is 3. The van der Waals surface area contributed by atoms with Crippen LogP contribution in [0.15, 0.2) is 52.3 Å². The SMILES string of the molecule is Cc1cccc2c(CC(C)NS(=O)(=O)c3ccc4[nH]c(=O)sc4c3)c[nH]c12. The zero-order chi connectivity index (χ0) is 19.2. The molecule has 0 fully saturated rings. The van der Waals surface area contributed by atoms with E-state index in [-0.39, 0.29) is 15.8 Å². The second-order valence-corrected chi connectivity index (χ2v) is 9.44. The number of H-pyrrole nitrogens is 2. The van der Waals surface area contributed by atoms with Crippen LogP contribution in [0.25, 0.3) is 21.1 Å². The van der Waals surface area contributed by atoms with Crippen LogP contribution in [-0.2, 0) is 16.4 Å². The van der Waals surface area contributed by atoms with E-state index < -0.39 is 10.0 Å². The highest BCUT2D eigenvalue weighted by Gasteiger charge is 2.19. The summed E-state index contributed by atoms with van der Waals surface area (Å²) < 4.78 is 28.8. The number of aromatic amines is 2. The number of aryl methyl sites for hydroxylation is 1. The van der Waals surface area contributed by atoms with Crippen molar-refractivity contribution in [2.24, 2.45) is 0 Å². The van der Waals surface area contributed by atoms with Crippen molar-refractivity contribution in [3.63, 3.8) is 0 Å². The lowest BCUT2D eigenvalue weighted by Crippen LogP contribution is -2.34. The van der Waals surface area contributed by atoms with Crippen molar-refractivity contribution in [2.75, 3.05) is 0 Å². The quantitative estimate of drug-likeness (QED) is 0.479. The Labute approximate surface area is 160 Å². The van der Waals surface area contributed by atoms with Crippen molar-refractivity contribution in [3.8, 4) is 0 Å². The summed E-state index contributed by atoms with van der Waals surface area (Å²) in [7, 11) is -3.68. The molecular formula is C19H19N3O3S2. The Bertz CT molecular complexity index is 1300. The number of sulfonamides is 1. The van der Waals surface area contributed by atoms with Gasteiger partial charge in [-0.2, -0.15) is 0 Å². The van der Waals surface area contributed by atoms with Crippen LogP contribution in [0.1, 0.15) is 18.1 Å². The highest BCUT2D eigenvalue weighted by Crippen LogP contribution is 2.23. The molecule has 2 aromatic heterocycles. The number of fused-ring (bicyclic) bond motifs is 2. The van der Waals surface area contributed by atoms with Gasteiger partial charge in [-0.1, -0.05) is 29.5 Å². The number of rotatable bonds is 5. The molecule has 27 heavy (non-hydrogen) atoms. The molecule has 0 saturated heterocycles. The van der Waals surface area contributed by atoms with Crippen molar-refractivity contribution in [3.05, 3.63) is 63.4 Å². The average Bonchev–Trinajstić information content (AvgIpc) is 3.17. The largest absolute Gasteiger partial charge is 0.361 e. The molecule has 0 aliphatic heterocycles. The van der Waals surface area contributed by atoms with Gasteiger partial charge in [-0.3, -0.25) is 4.79 Å². The van der Waals surface area contributed by atoms with E-state index in [1.54, 1.807) is 6.07 Å². The number of hydrogen-bond donors (Lipinski definition) is 3. The smallest absolute Gasteiger partial charge is 0.305 e. The predicted molar refractivity (Wildman–Crippen MR) is 109 cm³/mol. The summed E-state index contributed by atoms with van der Waals surface area (Å²) in [5, 5.41) is 1.11. The zero-order valence-corrected chi connectivity index (χ0v) is 16.5. The van der Waals surface area contributed by atoms with Crippen LogP contribution in [0.3, 0.4) is 0 Å². The van der Waals surface area contributed by atoms with Gasteiger partial charge in [0.2, 0.25) is 10.0 Å². The van der Waals surface area contributed by atoms with Crippen LogP contribution in [0.5, 0.6) is 0 Å². The number of para-hydroxylation sites is 1. The van der Waals surface area contributed by atoms with Crippen molar-refractivity contribution in [1.82, 2.24) is 14.7 Å². The summed E-state index contributed by atoms with van der Waals surface area (Å²) in [6, 6.07) is 10.5. The molecule has 6 nitrogen and oxygen atoms in total. The summed E-state index contributed by atoms with van der Waals surface area (Å²) in [6.45, 7) is 3.89. The fraction of sp³-hybridized carbons (Fsp3) is 0.211. The molecule has 0 spiro atoms. The van der Waals surface area contributed by atoms with Crippen molar-refractivity contribution < 1.29 is 8.42 Å². The van der Waals surface area contributed by atoms with Gasteiger partial charge in [0.05, 0.1) is 15.1 Å². The maximum absolute atomic E-state index is 12.7. The van der Waals surface area contributed by atoms with Gasteiger partial charge in [0.15, 0.2) is 0 Å². The minimum absolute atomic E-state index is 0.159. The van der Waals surface area contributed by atoms with E-state index in [9.17, 15) is 13.2 Å². The Kier molecular flexibility index (Phi) is 4.41. The molecule has 2 aromatic carbocycles. The molecule has 0 bridgehead atoms. The van der Waals surface area contributed by atoms with Crippen LogP contribution in [0.2, 0.25) is 0 Å². The first-order chi connectivity index (χ1) is 12.8. The summed E-state index contributed by atoms with van der Waals surface area (Å²) >= 11 is 1.00. The van der Waals surface area contributed by atoms with E-state index in [4.69, 9.17) is 0 Å². The molecule has 0 amide bonds. The van der Waals surface area contributed by atoms with E-state index in [1.165, 1.54) is 12.1 Å². The van der Waals surface area contributed by atoms with Gasteiger partial charge in [-0.25, -0.2) is 13.1 Å². The van der Waals surface area contributed by atoms with Crippen molar-refractivity contribution in [1.29, 1.82) is 0 Å². The molecule has 0 saturated carbocycles. The Hall–Kier alpha value is -2.42. The van der Waals surface area contributed by atoms with Crippen molar-refractivity contribution in [2.45, 2.75) is 31.2 Å². The fourth-order valence-electron chi connectivity index (χ4n) is 3.33. The van der Waals surface area contributed by atoms with E-state index in [0.29, 0.717) is 16.6 Å². The summed E-state index contributed by atoms with van der Waals surface area (Å²) in [5.74, 6) is 0. The lowest BCUT2D eigenvalue weighted by atomic mass is 10.1. The van der Waals surface area contributed by atoms with Gasteiger partial charge < -0.3 is 9.97 Å². The van der Waals surface area contributed by atoms with E-state index in [0.717, 1.165) is 33.4 Å². The van der Waals surface area contributed by atoms with Crippen LogP contribution < -0.4 is 9.60 Å². The molecule has 3 N–H and O–H groups in total. The van der Waals surface area contributed by atoms with E-state index in [2.05, 4.69) is 14.7 Å². The summed E-state index contributed by atoms with van der Waals surface area (Å²) in [6.07, 6.45) is 2.51. The topological polar surface area (TPSA) is 94.8 Å². The molecule has 140 valence electrons. The molecule has 0 aliphatic carbocycles. The van der Waals surface area contributed by atoms with Gasteiger partial charge in [0.25, 0.3) is 0 Å². The zero-order valence-electron chi connectivity index (χ0n) is 14.9. The third-order valence-corrected chi connectivity index (χ3v) is 7.03. The Morgan fingerprint density at radius 1 is 1.22 bits per heavy atom. The third kappa shape index (κ3) is 3.43. The number of thiazole rings is 1. The van der Waals surface area contributed by atoms with Crippen LogP contribution in [0, 0.1) is 6.92 Å². The van der Waals surface area contributed by atoms with Gasteiger partial charge in [0, 0.05) is 23.1 Å². The maximum atomic E-state index is 12.7. The van der Waals surface area contributed by atoms with Crippen LogP contribution >= 0.6 is 11.3 Å². The highest BCUT2D eigenvalue weighted by molar-refractivity contribution is 7.89. The molecular weight excluding hydrogens is 382 g/mol. The van der Waals surface area contributed by atoms with E-state index in [1.807, 2.05) is 38.2 Å². The number of benzene rings is 2. The summed E-state index contributed by atoms with van der Waals surface area (Å²) in [5.41, 5.74) is 3.95. The summed E-state index contributed by atoms with van der Waals surface area (Å²) in [4.78, 5) is 17.3. The minimum Gasteiger partial charge on any atom is -0.361 e. The first-order valence-corrected chi connectivity index (χ1v) is 10.8. The predicted octanol–water partition coefficient (Wildman–Crippen LogP) is 3.29. The van der Waals surface area contributed by atoms with Crippen molar-refractivity contribution >= 4 is 42.5 Å². The number of aromatic nitrogens is 2. The molecule has 4 rings (SSSR count). The van der Waals surface area contributed by atoms with Gasteiger partial charge >= 0.3 is 4.87 Å². The lowest BCUT2D eigenvalue weighted by molar-refractivity contribution is 0.560. The van der Waals surface area contributed by atoms with Gasteiger partial charge in [-0.15, -0.1) is 0 Å². The lowest BCUT2D eigenvalue weighted by Gasteiger charge is -2.14. The molecule has 8 heteroatoms. The first-order valence-electron chi connectivity index (χ1n) is 8.54. The molecule has 0 radical (unpaired) electrons. The highest BCUT2D eigenvalue weighted by atomic mass is 32.2. The molecule has 4 aromatic rings. The maximum Gasteiger partial charge on any atom is 0.305 e. The molecule has 1 atom stereocenters. The van der Waals surface area contributed by atoms with Gasteiger partial charge in [-0.05, 0) is 49.6 Å². The first kappa shape index (κ1) is 18.0. The average molecular weight is 402 g/mol. The molecule has 2 heterocycles. The standard InChI is InChI=1S/C19H19N3O3S2/c1-11-4-3-5-15-13(10-20-18(11)15)8-12(2)22-27(24,25)14-6-7-16-17(9-14)26-19(23)21-16/h3-7,9-10,12,20,22H,8H2,1-2H3,(H,21,23). The Morgan fingerprint density at radius 3 is 2.85 bits per heavy atom. The molecule has 0 aliphatic rings. The van der Waals surface area contributed by atoms with Crippen LogP contribution in [-0.4, -0.2) is 24.4 Å². The van der Waals surface area contributed by atoms with E-state index >= 15 is 0 Å².